The van der Waals surface area contributed by atoms with Gasteiger partial charge < -0.3 is 24.8 Å². The first kappa shape index (κ1) is 14.3. The van der Waals surface area contributed by atoms with Gasteiger partial charge in [0.2, 0.25) is 6.29 Å². The Morgan fingerprint density at radius 1 is 1.10 bits per heavy atom. The molecule has 0 amide bonds. The molecule has 1 aliphatic rings. The molecule has 0 spiro atoms. The molecule has 0 aromatic heterocycles. The van der Waals surface area contributed by atoms with Crippen LogP contribution in [0, 0.1) is 0 Å². The lowest BCUT2D eigenvalue weighted by molar-refractivity contribution is -0.240. The molecule has 4 atom stereocenters. The van der Waals surface area contributed by atoms with Crippen LogP contribution in [0.25, 0.3) is 10.8 Å². The van der Waals surface area contributed by atoms with Crippen LogP contribution in [-0.4, -0.2) is 46.5 Å². The molecule has 112 valence electrons. The van der Waals surface area contributed by atoms with Crippen molar-refractivity contribution in [2.75, 3.05) is 6.61 Å². The number of aliphatic hydroxyl groups is 3. The summed E-state index contributed by atoms with van der Waals surface area (Å²) in [5, 5.41) is 31.0. The normalized spacial score (nSPS) is 29.5. The van der Waals surface area contributed by atoms with Gasteiger partial charge in [-0.25, -0.2) is 0 Å². The average Bonchev–Trinajstić information content (AvgIpc) is 2.51. The minimum atomic E-state index is -1.14. The van der Waals surface area contributed by atoms with Gasteiger partial charge in [0, 0.05) is 6.42 Å². The Morgan fingerprint density at radius 2 is 1.86 bits per heavy atom. The monoisotopic (exact) mass is 290 g/mol. The Hall–Kier alpha value is -1.66. The number of hydrogen-bond acceptors (Lipinski definition) is 5. The highest BCUT2D eigenvalue weighted by Gasteiger charge is 2.38. The van der Waals surface area contributed by atoms with Crippen molar-refractivity contribution >= 4 is 10.8 Å². The highest BCUT2D eigenvalue weighted by atomic mass is 16.7. The average molecular weight is 290 g/mol. The Labute approximate surface area is 122 Å². The van der Waals surface area contributed by atoms with Crippen molar-refractivity contribution in [2.45, 2.75) is 31.0 Å². The van der Waals surface area contributed by atoms with Gasteiger partial charge in [0.25, 0.3) is 0 Å². The fourth-order valence-electron chi connectivity index (χ4n) is 2.51. The van der Waals surface area contributed by atoms with Crippen LogP contribution in [-0.2, 0) is 4.74 Å². The van der Waals surface area contributed by atoms with E-state index in [1.54, 1.807) is 6.07 Å². The van der Waals surface area contributed by atoms with E-state index in [1.165, 1.54) is 0 Å². The van der Waals surface area contributed by atoms with E-state index in [2.05, 4.69) is 0 Å². The summed E-state index contributed by atoms with van der Waals surface area (Å²) in [7, 11) is 0. The van der Waals surface area contributed by atoms with Crippen molar-refractivity contribution in [1.82, 2.24) is 0 Å². The van der Waals surface area contributed by atoms with E-state index < -0.39 is 24.6 Å². The summed E-state index contributed by atoms with van der Waals surface area (Å²) < 4.78 is 11.1. The molecule has 0 bridgehead atoms. The largest absolute Gasteiger partial charge is 0.462 e. The second-order valence-corrected chi connectivity index (χ2v) is 5.23. The molecule has 3 rings (SSSR count). The molecule has 1 saturated heterocycles. The van der Waals surface area contributed by atoms with E-state index in [0.29, 0.717) is 5.75 Å². The van der Waals surface area contributed by atoms with E-state index >= 15 is 0 Å². The van der Waals surface area contributed by atoms with Crippen LogP contribution < -0.4 is 4.74 Å². The van der Waals surface area contributed by atoms with Gasteiger partial charge in [0.05, 0.1) is 18.8 Å². The number of rotatable bonds is 3. The van der Waals surface area contributed by atoms with Gasteiger partial charge >= 0.3 is 0 Å². The molecule has 0 saturated carbocycles. The number of fused-ring (bicyclic) bond motifs is 1. The topological polar surface area (TPSA) is 79.2 Å². The van der Waals surface area contributed by atoms with Gasteiger partial charge in [-0.15, -0.1) is 0 Å². The van der Waals surface area contributed by atoms with Gasteiger partial charge in [-0.2, -0.15) is 0 Å². The number of hydrogen-bond donors (Lipinski definition) is 3. The van der Waals surface area contributed by atoms with E-state index in [-0.39, 0.29) is 13.0 Å². The minimum absolute atomic E-state index is 0.190. The lowest BCUT2D eigenvalue weighted by Crippen LogP contribution is -2.51. The zero-order valence-electron chi connectivity index (χ0n) is 11.4. The second kappa shape index (κ2) is 5.99. The Morgan fingerprint density at radius 3 is 2.62 bits per heavy atom. The first-order valence-corrected chi connectivity index (χ1v) is 6.95. The number of benzene rings is 2. The highest BCUT2D eigenvalue weighted by Crippen LogP contribution is 2.26. The zero-order valence-corrected chi connectivity index (χ0v) is 11.4. The molecule has 5 heteroatoms. The van der Waals surface area contributed by atoms with Crippen molar-refractivity contribution in [1.29, 1.82) is 0 Å². The molecule has 1 heterocycles. The maximum Gasteiger partial charge on any atom is 0.229 e. The van der Waals surface area contributed by atoms with Gasteiger partial charge in [0.15, 0.2) is 0 Å². The molecule has 3 N–H and O–H groups in total. The van der Waals surface area contributed by atoms with Crippen LogP contribution in [0.2, 0.25) is 0 Å². The van der Waals surface area contributed by atoms with Crippen LogP contribution in [0.15, 0.2) is 42.5 Å². The standard InChI is InChI=1S/C16H18O5/c17-9-13-8-14(18)15(19)16(21-13)20-12-6-5-10-3-1-2-4-11(10)7-12/h1-7,13-19H,8-9H2/t13-,14-,15+,16-/m1/s1. The number of aliphatic hydroxyl groups excluding tert-OH is 3. The molecule has 21 heavy (non-hydrogen) atoms. The Balaban J connectivity index is 1.79. The third-order valence-electron chi connectivity index (χ3n) is 3.68. The maximum absolute atomic E-state index is 9.94. The third kappa shape index (κ3) is 3.01. The molecule has 1 fully saturated rings. The summed E-state index contributed by atoms with van der Waals surface area (Å²) in [5.74, 6) is 0.545. The van der Waals surface area contributed by atoms with Gasteiger partial charge in [-0.3, -0.25) is 0 Å². The summed E-state index contributed by atoms with van der Waals surface area (Å²) in [6, 6.07) is 13.4. The highest BCUT2D eigenvalue weighted by molar-refractivity contribution is 5.83. The summed E-state index contributed by atoms with van der Waals surface area (Å²) in [6.07, 6.45) is -3.45. The van der Waals surface area contributed by atoms with Crippen molar-refractivity contribution in [3.05, 3.63) is 42.5 Å². The van der Waals surface area contributed by atoms with Crippen molar-refractivity contribution in [2.24, 2.45) is 0 Å². The quantitative estimate of drug-likeness (QED) is 0.787. The summed E-state index contributed by atoms with van der Waals surface area (Å²) in [6.45, 7) is -0.221. The Kier molecular flexibility index (Phi) is 4.07. The van der Waals surface area contributed by atoms with Crippen LogP contribution in [0.3, 0.4) is 0 Å². The molecule has 2 aromatic rings. The van der Waals surface area contributed by atoms with Crippen molar-refractivity contribution < 1.29 is 24.8 Å². The van der Waals surface area contributed by atoms with Gasteiger partial charge in [-0.05, 0) is 22.9 Å². The zero-order chi connectivity index (χ0) is 14.8. The predicted octanol–water partition coefficient (Wildman–Crippen LogP) is 1.05. The van der Waals surface area contributed by atoms with Crippen LogP contribution in [0.1, 0.15) is 6.42 Å². The minimum Gasteiger partial charge on any atom is -0.462 e. The third-order valence-corrected chi connectivity index (χ3v) is 3.68. The fraction of sp³-hybridized carbons (Fsp3) is 0.375. The molecule has 0 unspecified atom stereocenters. The van der Waals surface area contributed by atoms with Gasteiger partial charge in [0.1, 0.15) is 11.9 Å². The maximum atomic E-state index is 9.94. The summed E-state index contributed by atoms with van der Waals surface area (Å²) in [5.41, 5.74) is 0. The van der Waals surface area contributed by atoms with Gasteiger partial charge in [-0.1, -0.05) is 30.3 Å². The molecular weight excluding hydrogens is 272 g/mol. The molecule has 2 aromatic carbocycles. The second-order valence-electron chi connectivity index (χ2n) is 5.23. The van der Waals surface area contributed by atoms with Crippen molar-refractivity contribution in [3.8, 4) is 5.75 Å². The Bertz CT molecular complexity index is 614. The molecule has 1 aliphatic heterocycles. The molecule has 0 aliphatic carbocycles. The SMILES string of the molecule is OC[C@H]1C[C@@H](O)[C@H](O)[C@H](Oc2ccc3ccccc3c2)O1. The van der Waals surface area contributed by atoms with Crippen LogP contribution in [0.4, 0.5) is 0 Å². The number of ether oxygens (including phenoxy) is 2. The van der Waals surface area contributed by atoms with E-state index in [0.717, 1.165) is 10.8 Å². The molecular formula is C16H18O5. The molecule has 5 nitrogen and oxygen atoms in total. The fourth-order valence-corrected chi connectivity index (χ4v) is 2.51. The summed E-state index contributed by atoms with van der Waals surface area (Å²) in [4.78, 5) is 0. The molecule has 0 radical (unpaired) electrons. The lowest BCUT2D eigenvalue weighted by atomic mass is 10.0. The van der Waals surface area contributed by atoms with Crippen molar-refractivity contribution in [3.63, 3.8) is 0 Å². The summed E-state index contributed by atoms with van der Waals surface area (Å²) >= 11 is 0. The lowest BCUT2D eigenvalue weighted by Gasteiger charge is -2.36. The van der Waals surface area contributed by atoms with E-state index in [4.69, 9.17) is 14.6 Å². The van der Waals surface area contributed by atoms with Crippen LogP contribution >= 0.6 is 0 Å². The van der Waals surface area contributed by atoms with E-state index in [9.17, 15) is 10.2 Å². The first-order valence-electron chi connectivity index (χ1n) is 6.95. The first-order chi connectivity index (χ1) is 10.2. The predicted molar refractivity (Wildman–Crippen MR) is 77.0 cm³/mol. The van der Waals surface area contributed by atoms with Crippen LogP contribution in [0.5, 0.6) is 5.75 Å². The smallest absolute Gasteiger partial charge is 0.229 e. The van der Waals surface area contributed by atoms with E-state index in [1.807, 2.05) is 36.4 Å².